The second-order valence-corrected chi connectivity index (χ2v) is 8.77. The number of nitrogens with zero attached hydrogens (tertiary/aromatic N) is 1. The van der Waals surface area contributed by atoms with Gasteiger partial charge in [0.05, 0.1) is 6.54 Å². The molecule has 0 saturated heterocycles. The monoisotopic (exact) mass is 376 g/mol. The van der Waals surface area contributed by atoms with Gasteiger partial charge in [0.2, 0.25) is 10.0 Å². The first-order chi connectivity index (χ1) is 9.66. The molecule has 1 aromatic rings. The highest BCUT2D eigenvalue weighted by molar-refractivity contribution is 9.10. The van der Waals surface area contributed by atoms with Crippen LogP contribution in [0.5, 0.6) is 0 Å². The van der Waals surface area contributed by atoms with Crippen molar-refractivity contribution in [1.29, 1.82) is 0 Å². The Labute approximate surface area is 134 Å². The molecule has 2 rings (SSSR count). The summed E-state index contributed by atoms with van der Waals surface area (Å²) < 4.78 is 32.3. The van der Waals surface area contributed by atoms with Crippen LogP contribution in [-0.2, 0) is 16.6 Å². The lowest BCUT2D eigenvalue weighted by Gasteiger charge is -2.31. The predicted octanol–water partition coefficient (Wildman–Crippen LogP) is 2.87. The van der Waals surface area contributed by atoms with Crippen LogP contribution in [0.3, 0.4) is 0 Å². The Hall–Kier alpha value is -0.630. The van der Waals surface area contributed by atoms with Crippen LogP contribution in [0.1, 0.15) is 33.0 Å². The lowest BCUT2D eigenvalue weighted by Crippen LogP contribution is -2.36. The Balaban J connectivity index is 2.26. The van der Waals surface area contributed by atoms with Gasteiger partial charge in [0.15, 0.2) is 4.67 Å². The van der Waals surface area contributed by atoms with E-state index in [4.69, 9.17) is 10.2 Å². The molecule has 2 heterocycles. The highest BCUT2D eigenvalue weighted by atomic mass is 79.9. The molecule has 1 aliphatic rings. The number of rotatable bonds is 3. The molecule has 0 aromatic carbocycles. The molecule has 1 aliphatic heterocycles. The molecule has 118 valence electrons. The van der Waals surface area contributed by atoms with E-state index in [1.165, 1.54) is 15.9 Å². The zero-order valence-electron chi connectivity index (χ0n) is 12.5. The third-order valence-electron chi connectivity index (χ3n) is 3.66. The van der Waals surface area contributed by atoms with Crippen LogP contribution < -0.4 is 5.73 Å². The summed E-state index contributed by atoms with van der Waals surface area (Å²) in [6, 6.07) is 1.49. The van der Waals surface area contributed by atoms with Gasteiger partial charge >= 0.3 is 0 Å². The number of hydrogen-bond acceptors (Lipinski definition) is 4. The Morgan fingerprint density at radius 2 is 2.10 bits per heavy atom. The molecule has 0 amide bonds. The van der Waals surface area contributed by atoms with E-state index in [9.17, 15) is 8.42 Å². The number of hydrogen-bond donors (Lipinski definition) is 1. The minimum Gasteiger partial charge on any atom is -0.452 e. The molecular weight excluding hydrogens is 356 g/mol. The Kier molecular flexibility index (Phi) is 4.68. The van der Waals surface area contributed by atoms with Gasteiger partial charge in [-0.05, 0) is 27.8 Å². The van der Waals surface area contributed by atoms with Crippen LogP contribution in [0, 0.1) is 5.41 Å². The van der Waals surface area contributed by atoms with Crippen molar-refractivity contribution >= 4 is 26.0 Å². The highest BCUT2D eigenvalue weighted by Gasteiger charge is 2.32. The summed E-state index contributed by atoms with van der Waals surface area (Å²) in [5, 5.41) is 0. The minimum atomic E-state index is -3.56. The van der Waals surface area contributed by atoms with Gasteiger partial charge < -0.3 is 10.2 Å². The van der Waals surface area contributed by atoms with Gasteiger partial charge in [-0.3, -0.25) is 0 Å². The van der Waals surface area contributed by atoms with E-state index >= 15 is 0 Å². The van der Waals surface area contributed by atoms with E-state index in [1.807, 2.05) is 6.08 Å². The third kappa shape index (κ3) is 3.41. The fraction of sp³-hybridized carbons (Fsp3) is 0.571. The molecular formula is C14H21BrN2O3S. The topological polar surface area (TPSA) is 76.5 Å². The van der Waals surface area contributed by atoms with Crippen LogP contribution >= 0.6 is 15.9 Å². The summed E-state index contributed by atoms with van der Waals surface area (Å²) in [7, 11) is -3.56. The van der Waals surface area contributed by atoms with Crippen molar-refractivity contribution in [3.05, 3.63) is 28.1 Å². The SMILES string of the molecule is CC(C)(C)C1=CCN(S(=O)(=O)c2cc(CN)oc2Br)CC1. The molecule has 2 N–H and O–H groups in total. The Bertz CT molecular complexity index is 656. The zero-order chi connectivity index (χ0) is 15.8. The van der Waals surface area contributed by atoms with Crippen molar-refractivity contribution in [1.82, 2.24) is 4.31 Å². The Morgan fingerprint density at radius 1 is 1.43 bits per heavy atom. The molecule has 0 fully saturated rings. The average Bonchev–Trinajstić information content (AvgIpc) is 2.80. The second-order valence-electron chi connectivity index (χ2n) is 6.15. The van der Waals surface area contributed by atoms with Crippen molar-refractivity contribution < 1.29 is 12.8 Å². The first-order valence-electron chi connectivity index (χ1n) is 6.84. The molecule has 0 saturated carbocycles. The maximum absolute atomic E-state index is 12.7. The van der Waals surface area contributed by atoms with Crippen LogP contribution in [-0.4, -0.2) is 25.8 Å². The molecule has 5 nitrogen and oxygen atoms in total. The highest BCUT2D eigenvalue weighted by Crippen LogP contribution is 2.33. The number of sulfonamides is 1. The minimum absolute atomic E-state index is 0.0821. The first kappa shape index (κ1) is 16.7. The van der Waals surface area contributed by atoms with E-state index in [0.717, 1.165) is 6.42 Å². The standard InChI is InChI=1S/C14H21BrN2O3S/c1-14(2,3)10-4-6-17(7-5-10)21(18,19)12-8-11(9-16)20-13(12)15/h4,8H,5-7,9,16H2,1-3H3. The van der Waals surface area contributed by atoms with Gasteiger partial charge in [-0.15, -0.1) is 0 Å². The molecule has 0 atom stereocenters. The largest absolute Gasteiger partial charge is 0.452 e. The quantitative estimate of drug-likeness (QED) is 0.822. The molecule has 0 spiro atoms. The molecule has 0 unspecified atom stereocenters. The maximum Gasteiger partial charge on any atom is 0.247 e. The molecule has 7 heteroatoms. The normalized spacial score (nSPS) is 17.9. The van der Waals surface area contributed by atoms with Crippen LogP contribution in [0.4, 0.5) is 0 Å². The first-order valence-corrected chi connectivity index (χ1v) is 9.07. The van der Waals surface area contributed by atoms with Gasteiger partial charge in [0.1, 0.15) is 10.7 Å². The molecule has 1 aromatic heterocycles. The van der Waals surface area contributed by atoms with Gasteiger partial charge in [-0.25, -0.2) is 8.42 Å². The zero-order valence-corrected chi connectivity index (χ0v) is 14.9. The molecule has 0 aliphatic carbocycles. The van der Waals surface area contributed by atoms with E-state index in [2.05, 4.69) is 36.7 Å². The molecule has 21 heavy (non-hydrogen) atoms. The number of halogens is 1. The number of furan rings is 1. The molecule has 0 radical (unpaired) electrons. The fourth-order valence-electron chi connectivity index (χ4n) is 2.36. The maximum atomic E-state index is 12.7. The summed E-state index contributed by atoms with van der Waals surface area (Å²) in [5.41, 5.74) is 6.86. The van der Waals surface area contributed by atoms with Gasteiger partial charge in [-0.2, -0.15) is 4.31 Å². The summed E-state index contributed by atoms with van der Waals surface area (Å²) in [4.78, 5) is 0.149. The number of nitrogens with two attached hydrogens (primary N) is 1. The summed E-state index contributed by atoms with van der Waals surface area (Å²) in [6.45, 7) is 7.48. The predicted molar refractivity (Wildman–Crippen MR) is 85.2 cm³/mol. The van der Waals surface area contributed by atoms with E-state index in [0.29, 0.717) is 18.8 Å². The summed E-state index contributed by atoms with van der Waals surface area (Å²) in [6.07, 6.45) is 2.76. The van der Waals surface area contributed by atoms with Gasteiger partial charge in [0, 0.05) is 19.2 Å². The van der Waals surface area contributed by atoms with E-state index < -0.39 is 10.0 Å². The molecule has 0 bridgehead atoms. The van der Waals surface area contributed by atoms with Crippen molar-refractivity contribution in [3.63, 3.8) is 0 Å². The average molecular weight is 377 g/mol. The third-order valence-corrected chi connectivity index (χ3v) is 6.38. The van der Waals surface area contributed by atoms with E-state index in [1.54, 1.807) is 0 Å². The summed E-state index contributed by atoms with van der Waals surface area (Å²) >= 11 is 3.16. The van der Waals surface area contributed by atoms with Crippen molar-refractivity contribution in [2.75, 3.05) is 13.1 Å². The van der Waals surface area contributed by atoms with E-state index in [-0.39, 0.29) is 21.5 Å². The van der Waals surface area contributed by atoms with Gasteiger partial charge in [-0.1, -0.05) is 32.4 Å². The smallest absolute Gasteiger partial charge is 0.247 e. The Morgan fingerprint density at radius 3 is 2.52 bits per heavy atom. The van der Waals surface area contributed by atoms with Crippen molar-refractivity contribution in [3.8, 4) is 0 Å². The van der Waals surface area contributed by atoms with Crippen LogP contribution in [0.2, 0.25) is 0 Å². The van der Waals surface area contributed by atoms with Gasteiger partial charge in [0.25, 0.3) is 0 Å². The van der Waals surface area contributed by atoms with Crippen molar-refractivity contribution in [2.24, 2.45) is 11.1 Å². The van der Waals surface area contributed by atoms with Crippen LogP contribution in [0.25, 0.3) is 0 Å². The lowest BCUT2D eigenvalue weighted by molar-refractivity contribution is 0.388. The van der Waals surface area contributed by atoms with Crippen molar-refractivity contribution in [2.45, 2.75) is 38.6 Å². The van der Waals surface area contributed by atoms with Crippen LogP contribution in [0.15, 0.2) is 31.7 Å². The second kappa shape index (κ2) is 5.87. The lowest BCUT2D eigenvalue weighted by atomic mass is 9.83. The fourth-order valence-corrected chi connectivity index (χ4v) is 4.70. The summed E-state index contributed by atoms with van der Waals surface area (Å²) in [5.74, 6) is 0.448.